The fraction of sp³-hybridized carbons (Fsp3) is 0.185. The Morgan fingerprint density at radius 3 is 2.66 bits per heavy atom. The summed E-state index contributed by atoms with van der Waals surface area (Å²) < 4.78 is 11.3. The molecule has 0 aliphatic carbocycles. The van der Waals surface area contributed by atoms with E-state index in [9.17, 15) is 4.79 Å². The second kappa shape index (κ2) is 10.2. The van der Waals surface area contributed by atoms with Crippen molar-refractivity contribution in [1.82, 2.24) is 20.3 Å². The van der Waals surface area contributed by atoms with Crippen molar-refractivity contribution in [2.24, 2.45) is 0 Å². The van der Waals surface area contributed by atoms with Crippen LogP contribution in [0.1, 0.15) is 27.2 Å². The molecule has 0 bridgehead atoms. The number of carbonyl (C=O) groups excluding carboxylic acids is 1. The molecule has 4 aromatic rings. The van der Waals surface area contributed by atoms with Crippen LogP contribution in [0.4, 0.5) is 11.6 Å². The van der Waals surface area contributed by atoms with Gasteiger partial charge >= 0.3 is 0 Å². The third kappa shape index (κ3) is 5.06. The van der Waals surface area contributed by atoms with Crippen LogP contribution in [-0.4, -0.2) is 34.5 Å². The predicted octanol–water partition coefficient (Wildman–Crippen LogP) is 4.08. The molecule has 8 heteroatoms. The zero-order valence-electron chi connectivity index (χ0n) is 19.3. The number of nitrogens with one attached hydrogen (secondary N) is 1. The minimum atomic E-state index is -0.325. The summed E-state index contributed by atoms with van der Waals surface area (Å²) in [7, 11) is 1.63. The number of hydrogen-bond donors (Lipinski definition) is 1. The molecule has 35 heavy (non-hydrogen) atoms. The lowest BCUT2D eigenvalue weighted by atomic mass is 10.2. The molecule has 2 aromatic heterocycles. The van der Waals surface area contributed by atoms with Crippen molar-refractivity contribution < 1.29 is 14.3 Å². The van der Waals surface area contributed by atoms with Crippen LogP contribution in [-0.2, 0) is 19.6 Å². The summed E-state index contributed by atoms with van der Waals surface area (Å²) >= 11 is 0. The number of pyridine rings is 1. The number of nitrogens with zero attached hydrogens (tertiary/aromatic N) is 4. The zero-order chi connectivity index (χ0) is 24.0. The summed E-state index contributed by atoms with van der Waals surface area (Å²) in [6, 6.07) is 21.3. The van der Waals surface area contributed by atoms with Gasteiger partial charge in [-0.25, -0.2) is 4.98 Å². The van der Waals surface area contributed by atoms with Gasteiger partial charge in [0.05, 0.1) is 19.3 Å². The number of ether oxygens (including phenoxy) is 2. The molecule has 1 aliphatic heterocycles. The molecule has 1 aliphatic rings. The average Bonchev–Trinajstić information content (AvgIpc) is 3.35. The van der Waals surface area contributed by atoms with Crippen molar-refractivity contribution in [2.75, 3.05) is 18.6 Å². The number of anilines is 2. The number of benzene rings is 2. The first-order chi connectivity index (χ1) is 17.2. The highest BCUT2D eigenvalue weighted by Gasteiger charge is 2.24. The largest absolute Gasteiger partial charge is 0.497 e. The summed E-state index contributed by atoms with van der Waals surface area (Å²) in [6.45, 7) is 1.30. The van der Waals surface area contributed by atoms with E-state index in [0.717, 1.165) is 35.7 Å². The van der Waals surface area contributed by atoms with E-state index in [1.54, 1.807) is 13.3 Å². The van der Waals surface area contributed by atoms with Gasteiger partial charge in [0, 0.05) is 24.6 Å². The van der Waals surface area contributed by atoms with Crippen molar-refractivity contribution in [3.8, 4) is 11.6 Å². The summed E-state index contributed by atoms with van der Waals surface area (Å²) in [6.07, 6.45) is 4.13. The van der Waals surface area contributed by atoms with Crippen LogP contribution in [0.15, 0.2) is 79.1 Å². The molecule has 0 saturated carbocycles. The van der Waals surface area contributed by atoms with E-state index in [2.05, 4.69) is 32.4 Å². The van der Waals surface area contributed by atoms with Crippen molar-refractivity contribution in [3.63, 3.8) is 0 Å². The molecular formula is C27H25N5O3. The van der Waals surface area contributed by atoms with Crippen LogP contribution in [0.5, 0.6) is 11.6 Å². The van der Waals surface area contributed by atoms with Crippen LogP contribution >= 0.6 is 0 Å². The summed E-state index contributed by atoms with van der Waals surface area (Å²) in [5.41, 5.74) is 4.27. The minimum Gasteiger partial charge on any atom is -0.497 e. The highest BCUT2D eigenvalue weighted by Crippen LogP contribution is 2.33. The first kappa shape index (κ1) is 22.3. The van der Waals surface area contributed by atoms with E-state index < -0.39 is 0 Å². The molecule has 1 amide bonds. The van der Waals surface area contributed by atoms with Gasteiger partial charge in [0.25, 0.3) is 5.91 Å². The van der Waals surface area contributed by atoms with E-state index >= 15 is 0 Å². The van der Waals surface area contributed by atoms with Crippen LogP contribution in [0, 0.1) is 0 Å². The Morgan fingerprint density at radius 1 is 1.03 bits per heavy atom. The number of hydrogen-bond acceptors (Lipinski definition) is 7. The Hall–Kier alpha value is -4.46. The van der Waals surface area contributed by atoms with Crippen LogP contribution in [0.2, 0.25) is 0 Å². The highest BCUT2D eigenvalue weighted by molar-refractivity contribution is 5.96. The van der Waals surface area contributed by atoms with E-state index in [0.29, 0.717) is 12.5 Å². The number of amides is 1. The lowest BCUT2D eigenvalue weighted by molar-refractivity contribution is 0.0944. The average molecular weight is 468 g/mol. The number of rotatable bonds is 8. The molecule has 176 valence electrons. The Labute approximate surface area is 203 Å². The lowest BCUT2D eigenvalue weighted by Gasteiger charge is -2.19. The van der Waals surface area contributed by atoms with Crippen molar-refractivity contribution in [3.05, 3.63) is 102 Å². The molecule has 0 radical (unpaired) electrons. The van der Waals surface area contributed by atoms with Gasteiger partial charge in [0.15, 0.2) is 0 Å². The second-order valence-electron chi connectivity index (χ2n) is 8.06. The fourth-order valence-corrected chi connectivity index (χ4v) is 3.94. The third-order valence-corrected chi connectivity index (χ3v) is 5.81. The molecule has 2 aromatic carbocycles. The van der Waals surface area contributed by atoms with Crippen LogP contribution in [0.25, 0.3) is 0 Å². The molecule has 1 N–H and O–H groups in total. The van der Waals surface area contributed by atoms with Gasteiger partial charge in [0.1, 0.15) is 17.9 Å². The molecule has 5 rings (SSSR count). The van der Waals surface area contributed by atoms with Gasteiger partial charge in [0.2, 0.25) is 11.8 Å². The standard InChI is InChI=1S/C27H25N5O3/c1-34-22-11-9-19(10-12-22)18-35-26-23(25(33)29-16-21-7-4-5-14-28-21)17-30-27(31-26)32-15-13-20-6-2-3-8-24(20)32/h2-12,14,17H,13,15-16,18H2,1H3,(H,29,33). The molecule has 0 spiro atoms. The van der Waals surface area contributed by atoms with Gasteiger partial charge in [-0.05, 0) is 47.9 Å². The number of methoxy groups -OCH3 is 1. The predicted molar refractivity (Wildman–Crippen MR) is 132 cm³/mol. The monoisotopic (exact) mass is 467 g/mol. The number of para-hydroxylation sites is 1. The van der Waals surface area contributed by atoms with Crippen molar-refractivity contribution >= 4 is 17.5 Å². The molecule has 3 heterocycles. The lowest BCUT2D eigenvalue weighted by Crippen LogP contribution is -2.25. The SMILES string of the molecule is COc1ccc(COc2nc(N3CCc4ccccc43)ncc2C(=O)NCc2ccccn2)cc1. The topological polar surface area (TPSA) is 89.5 Å². The maximum absolute atomic E-state index is 13.0. The first-order valence-electron chi connectivity index (χ1n) is 11.4. The van der Waals surface area contributed by atoms with Gasteiger partial charge < -0.3 is 19.7 Å². The first-order valence-corrected chi connectivity index (χ1v) is 11.4. The minimum absolute atomic E-state index is 0.230. The maximum Gasteiger partial charge on any atom is 0.258 e. The highest BCUT2D eigenvalue weighted by atomic mass is 16.5. The van der Waals surface area contributed by atoms with Crippen molar-refractivity contribution in [2.45, 2.75) is 19.6 Å². The van der Waals surface area contributed by atoms with Gasteiger partial charge in [-0.2, -0.15) is 4.98 Å². The Morgan fingerprint density at radius 2 is 1.86 bits per heavy atom. The van der Waals surface area contributed by atoms with Crippen molar-refractivity contribution in [1.29, 1.82) is 0 Å². The summed E-state index contributed by atoms with van der Waals surface area (Å²) in [4.78, 5) is 28.5. The third-order valence-electron chi connectivity index (χ3n) is 5.81. The van der Waals surface area contributed by atoms with E-state index in [4.69, 9.17) is 9.47 Å². The molecule has 8 nitrogen and oxygen atoms in total. The summed E-state index contributed by atoms with van der Waals surface area (Å²) in [5.74, 6) is 1.17. The number of aromatic nitrogens is 3. The maximum atomic E-state index is 13.0. The van der Waals surface area contributed by atoms with Gasteiger partial charge in [-0.1, -0.05) is 36.4 Å². The van der Waals surface area contributed by atoms with Crippen LogP contribution in [0.3, 0.4) is 0 Å². The molecule has 0 fully saturated rings. The normalized spacial score (nSPS) is 12.2. The van der Waals surface area contributed by atoms with E-state index in [-0.39, 0.29) is 24.0 Å². The number of carbonyl (C=O) groups is 1. The Balaban J connectivity index is 1.40. The molecule has 0 saturated heterocycles. The second-order valence-corrected chi connectivity index (χ2v) is 8.06. The number of fused-ring (bicyclic) bond motifs is 1. The van der Waals surface area contributed by atoms with Gasteiger partial charge in [-0.15, -0.1) is 0 Å². The van der Waals surface area contributed by atoms with Crippen LogP contribution < -0.4 is 19.7 Å². The van der Waals surface area contributed by atoms with Gasteiger partial charge in [-0.3, -0.25) is 9.78 Å². The Bertz CT molecular complexity index is 1310. The summed E-state index contributed by atoms with van der Waals surface area (Å²) in [5, 5.41) is 2.88. The quantitative estimate of drug-likeness (QED) is 0.418. The molecule has 0 atom stereocenters. The van der Waals surface area contributed by atoms with E-state index in [1.807, 2.05) is 59.5 Å². The van der Waals surface area contributed by atoms with E-state index in [1.165, 1.54) is 11.8 Å². The Kier molecular flexibility index (Phi) is 6.52. The smallest absolute Gasteiger partial charge is 0.258 e. The molecule has 0 unspecified atom stereocenters. The molecular weight excluding hydrogens is 442 g/mol. The zero-order valence-corrected chi connectivity index (χ0v) is 19.3. The fourth-order valence-electron chi connectivity index (χ4n) is 3.94.